The number of aryl methyl sites for hydroxylation is 3. The zero-order valence-corrected chi connectivity index (χ0v) is 17.8. The van der Waals surface area contributed by atoms with Crippen LogP contribution in [0.1, 0.15) is 28.1 Å². The van der Waals surface area contributed by atoms with Crippen molar-refractivity contribution >= 4 is 16.7 Å². The maximum Gasteiger partial charge on any atom is 0.232 e. The molecule has 1 atom stereocenters. The Labute approximate surface area is 174 Å². The lowest BCUT2D eigenvalue weighted by molar-refractivity contribution is -0.118. The topological polar surface area (TPSA) is 72.2 Å². The lowest BCUT2D eigenvalue weighted by Crippen LogP contribution is -2.30. The quantitative estimate of drug-likeness (QED) is 0.612. The van der Waals surface area contributed by atoms with E-state index in [1.54, 1.807) is 0 Å². The summed E-state index contributed by atoms with van der Waals surface area (Å²) in [5.74, 6) is 1.11. The number of nitrogens with zero attached hydrogens (tertiary/aromatic N) is 1. The van der Waals surface area contributed by atoms with Crippen LogP contribution in [-0.4, -0.2) is 27.4 Å². The Morgan fingerprint density at radius 1 is 1.07 bits per heavy atom. The highest BCUT2D eigenvalue weighted by Gasteiger charge is 2.16. The predicted molar refractivity (Wildman–Crippen MR) is 116 cm³/mol. The average Bonchev–Trinajstić information content (AvgIpc) is 3.03. The van der Waals surface area contributed by atoms with Gasteiger partial charge in [0.25, 0.3) is 0 Å². The summed E-state index contributed by atoms with van der Waals surface area (Å²) in [7, 11) is -1.35. The fraction of sp³-hybridized carbons (Fsp3) is 0.304. The second kappa shape index (κ2) is 9.65. The summed E-state index contributed by atoms with van der Waals surface area (Å²) >= 11 is 0. The van der Waals surface area contributed by atoms with Crippen LogP contribution in [0.5, 0.6) is 0 Å². The van der Waals surface area contributed by atoms with Crippen LogP contribution in [-0.2, 0) is 27.8 Å². The van der Waals surface area contributed by atoms with Gasteiger partial charge in [0.1, 0.15) is 11.5 Å². The SMILES string of the molecule is Cc1ccc(CCNC(=O)CS(=O)Cc2nc(-c3ccccc3C)oc2C)cc1. The number of benzene rings is 2. The minimum absolute atomic E-state index is 0.0418. The molecular formula is C23H26N2O3S. The van der Waals surface area contributed by atoms with Gasteiger partial charge in [-0.1, -0.05) is 48.0 Å². The van der Waals surface area contributed by atoms with E-state index in [0.29, 0.717) is 23.9 Å². The first-order chi connectivity index (χ1) is 13.9. The van der Waals surface area contributed by atoms with Gasteiger partial charge in [0.15, 0.2) is 0 Å². The number of aromatic nitrogens is 1. The van der Waals surface area contributed by atoms with E-state index in [1.807, 2.05) is 45.0 Å². The van der Waals surface area contributed by atoms with Crippen LogP contribution < -0.4 is 5.32 Å². The molecule has 6 heteroatoms. The Balaban J connectivity index is 1.50. The Kier molecular flexibility index (Phi) is 6.99. The third-order valence-electron chi connectivity index (χ3n) is 4.71. The third kappa shape index (κ3) is 5.87. The number of rotatable bonds is 8. The van der Waals surface area contributed by atoms with Gasteiger partial charge in [-0.3, -0.25) is 9.00 Å². The lowest BCUT2D eigenvalue weighted by atomic mass is 10.1. The Bertz CT molecular complexity index is 1010. The number of hydrogen-bond acceptors (Lipinski definition) is 4. The number of nitrogens with one attached hydrogen (secondary N) is 1. The van der Waals surface area contributed by atoms with Gasteiger partial charge in [-0.25, -0.2) is 4.98 Å². The Morgan fingerprint density at radius 2 is 1.79 bits per heavy atom. The lowest BCUT2D eigenvalue weighted by Gasteiger charge is -2.05. The van der Waals surface area contributed by atoms with Crippen LogP contribution in [0.15, 0.2) is 52.9 Å². The van der Waals surface area contributed by atoms with Gasteiger partial charge < -0.3 is 9.73 Å². The zero-order chi connectivity index (χ0) is 20.8. The van der Waals surface area contributed by atoms with Crippen molar-refractivity contribution in [3.05, 3.63) is 76.7 Å². The van der Waals surface area contributed by atoms with Crippen LogP contribution in [0.3, 0.4) is 0 Å². The van der Waals surface area contributed by atoms with E-state index < -0.39 is 10.8 Å². The summed E-state index contributed by atoms with van der Waals surface area (Å²) in [6.45, 7) is 6.37. The molecule has 0 aliphatic carbocycles. The second-order valence-corrected chi connectivity index (χ2v) is 8.61. The Hall–Kier alpha value is -2.73. The number of oxazole rings is 1. The maximum absolute atomic E-state index is 12.4. The number of amides is 1. The van der Waals surface area contributed by atoms with Crippen molar-refractivity contribution in [1.82, 2.24) is 10.3 Å². The van der Waals surface area contributed by atoms with E-state index >= 15 is 0 Å². The van der Waals surface area contributed by atoms with Gasteiger partial charge >= 0.3 is 0 Å². The average molecular weight is 411 g/mol. The molecule has 3 aromatic rings. The van der Waals surface area contributed by atoms with Crippen LogP contribution in [0.25, 0.3) is 11.5 Å². The molecular weight excluding hydrogens is 384 g/mol. The van der Waals surface area contributed by atoms with Crippen molar-refractivity contribution in [2.24, 2.45) is 0 Å². The van der Waals surface area contributed by atoms with Gasteiger partial charge in [-0.05, 0) is 44.4 Å². The van der Waals surface area contributed by atoms with Crippen LogP contribution in [0.2, 0.25) is 0 Å². The van der Waals surface area contributed by atoms with Gasteiger partial charge in [-0.2, -0.15) is 0 Å². The van der Waals surface area contributed by atoms with Crippen molar-refractivity contribution in [2.75, 3.05) is 12.3 Å². The first kappa shape index (κ1) is 21.0. The van der Waals surface area contributed by atoms with Gasteiger partial charge in [-0.15, -0.1) is 0 Å². The highest BCUT2D eigenvalue weighted by Crippen LogP contribution is 2.25. The minimum Gasteiger partial charge on any atom is -0.441 e. The zero-order valence-electron chi connectivity index (χ0n) is 17.0. The summed E-state index contributed by atoms with van der Waals surface area (Å²) < 4.78 is 18.2. The minimum atomic E-state index is -1.35. The third-order valence-corrected chi connectivity index (χ3v) is 5.89. The van der Waals surface area contributed by atoms with Gasteiger partial charge in [0.2, 0.25) is 11.8 Å². The fourth-order valence-corrected chi connectivity index (χ4v) is 4.06. The van der Waals surface area contributed by atoms with E-state index in [-0.39, 0.29) is 17.4 Å². The predicted octanol–water partition coefficient (Wildman–Crippen LogP) is 3.87. The molecule has 0 aliphatic rings. The monoisotopic (exact) mass is 410 g/mol. The number of hydrogen-bond donors (Lipinski definition) is 1. The largest absolute Gasteiger partial charge is 0.441 e. The Morgan fingerprint density at radius 3 is 2.52 bits per heavy atom. The van der Waals surface area contributed by atoms with Gasteiger partial charge in [0, 0.05) is 22.9 Å². The highest BCUT2D eigenvalue weighted by atomic mass is 32.2. The molecule has 0 saturated heterocycles. The molecule has 5 nitrogen and oxygen atoms in total. The van der Waals surface area contributed by atoms with Gasteiger partial charge in [0.05, 0.1) is 11.4 Å². The van der Waals surface area contributed by atoms with Crippen molar-refractivity contribution in [1.29, 1.82) is 0 Å². The van der Waals surface area contributed by atoms with Crippen LogP contribution >= 0.6 is 0 Å². The molecule has 3 rings (SSSR count). The molecule has 1 N–H and O–H groups in total. The highest BCUT2D eigenvalue weighted by molar-refractivity contribution is 7.84. The van der Waals surface area contributed by atoms with E-state index in [0.717, 1.165) is 17.5 Å². The number of carbonyl (C=O) groups excluding carboxylic acids is 1. The summed E-state index contributed by atoms with van der Waals surface area (Å²) in [4.78, 5) is 16.6. The van der Waals surface area contributed by atoms with Crippen LogP contribution in [0, 0.1) is 20.8 Å². The molecule has 0 spiro atoms. The molecule has 29 heavy (non-hydrogen) atoms. The summed E-state index contributed by atoms with van der Waals surface area (Å²) in [6.07, 6.45) is 0.751. The molecule has 0 bridgehead atoms. The fourth-order valence-electron chi connectivity index (χ4n) is 2.99. The number of carbonyl (C=O) groups is 1. The van der Waals surface area contributed by atoms with E-state index in [4.69, 9.17) is 4.42 Å². The molecule has 1 aromatic heterocycles. The first-order valence-electron chi connectivity index (χ1n) is 9.62. The van der Waals surface area contributed by atoms with Crippen LogP contribution in [0.4, 0.5) is 0 Å². The molecule has 0 saturated carbocycles. The van der Waals surface area contributed by atoms with Crippen molar-refractivity contribution in [3.63, 3.8) is 0 Å². The van der Waals surface area contributed by atoms with E-state index in [1.165, 1.54) is 11.1 Å². The summed E-state index contributed by atoms with van der Waals surface area (Å²) in [6, 6.07) is 16.0. The van der Waals surface area contributed by atoms with Crippen molar-refractivity contribution < 1.29 is 13.4 Å². The molecule has 1 unspecified atom stereocenters. The second-order valence-electron chi connectivity index (χ2n) is 7.15. The van der Waals surface area contributed by atoms with E-state index in [2.05, 4.69) is 34.6 Å². The van der Waals surface area contributed by atoms with Crippen molar-refractivity contribution in [3.8, 4) is 11.5 Å². The summed E-state index contributed by atoms with van der Waals surface area (Å²) in [5.41, 5.74) is 4.99. The van der Waals surface area contributed by atoms with E-state index in [9.17, 15) is 9.00 Å². The first-order valence-corrected chi connectivity index (χ1v) is 11.1. The smallest absolute Gasteiger partial charge is 0.232 e. The standard InChI is InChI=1S/C23H26N2O3S/c1-16-8-10-19(11-9-16)12-13-24-22(26)15-29(27)14-21-18(3)28-23(25-21)20-7-5-4-6-17(20)2/h4-11H,12-15H2,1-3H3,(H,24,26). The summed E-state index contributed by atoms with van der Waals surface area (Å²) in [5, 5.41) is 2.84. The maximum atomic E-state index is 12.4. The molecule has 2 aromatic carbocycles. The molecule has 0 fully saturated rings. The molecule has 152 valence electrons. The molecule has 1 amide bonds. The molecule has 0 radical (unpaired) electrons. The van der Waals surface area contributed by atoms with Crippen molar-refractivity contribution in [2.45, 2.75) is 32.9 Å². The molecule has 0 aliphatic heterocycles. The molecule has 1 heterocycles. The normalized spacial score (nSPS) is 12.0.